The molecule has 1 aromatic rings. The van der Waals surface area contributed by atoms with Gasteiger partial charge in [0.15, 0.2) is 0 Å². The summed E-state index contributed by atoms with van der Waals surface area (Å²) in [5, 5.41) is 8.13. The minimum Gasteiger partial charge on any atom is -0.238 e. The van der Waals surface area contributed by atoms with Crippen LogP contribution >= 0.6 is 15.9 Å². The van der Waals surface area contributed by atoms with Crippen LogP contribution in [0.25, 0.3) is 0 Å². The number of hydrogen-bond acceptors (Lipinski definition) is 2. The first kappa shape index (κ1) is 7.28. The second kappa shape index (κ2) is 2.59. The van der Waals surface area contributed by atoms with E-state index in [1.165, 1.54) is 12.8 Å². The summed E-state index contributed by atoms with van der Waals surface area (Å²) < 4.78 is 2.95. The van der Waals surface area contributed by atoms with Crippen LogP contribution in [0.15, 0.2) is 4.60 Å². The lowest BCUT2D eigenvalue weighted by Crippen LogP contribution is -1.96. The Balaban J connectivity index is 2.33. The molecule has 0 aliphatic heterocycles. The summed E-state index contributed by atoms with van der Waals surface area (Å²) in [6.45, 7) is 2.95. The average Bonchev–Trinajstić information content (AvgIpc) is 2.77. The average molecular weight is 216 g/mol. The van der Waals surface area contributed by atoms with Crippen molar-refractivity contribution in [3.05, 3.63) is 10.3 Å². The second-order valence-corrected chi connectivity index (χ2v) is 3.61. The maximum absolute atomic E-state index is 4.11. The van der Waals surface area contributed by atoms with E-state index in [9.17, 15) is 0 Å². The van der Waals surface area contributed by atoms with E-state index >= 15 is 0 Å². The van der Waals surface area contributed by atoms with Crippen molar-refractivity contribution < 1.29 is 0 Å². The number of halogens is 1. The van der Waals surface area contributed by atoms with Gasteiger partial charge in [-0.1, -0.05) is 5.21 Å². The molecule has 0 bridgehead atoms. The van der Waals surface area contributed by atoms with E-state index in [2.05, 4.69) is 33.2 Å². The van der Waals surface area contributed by atoms with E-state index in [-0.39, 0.29) is 0 Å². The normalized spacial score (nSPS) is 17.3. The summed E-state index contributed by atoms with van der Waals surface area (Å²) in [7, 11) is 0. The van der Waals surface area contributed by atoms with Gasteiger partial charge in [-0.2, -0.15) is 0 Å². The lowest BCUT2D eigenvalue weighted by Gasteiger charge is -1.94. The molecule has 0 spiro atoms. The summed E-state index contributed by atoms with van der Waals surface area (Å²) in [5.74, 6) is 0.685. The summed E-state index contributed by atoms with van der Waals surface area (Å²) in [6, 6.07) is 0. The Morgan fingerprint density at radius 1 is 1.64 bits per heavy atom. The van der Waals surface area contributed by atoms with Crippen molar-refractivity contribution in [1.29, 1.82) is 0 Å². The molecule has 0 N–H and O–H groups in total. The summed E-state index contributed by atoms with van der Waals surface area (Å²) in [6.07, 6.45) is 2.56. The van der Waals surface area contributed by atoms with Crippen molar-refractivity contribution in [2.24, 2.45) is 0 Å². The molecular formula is C7H10BrN3. The van der Waals surface area contributed by atoms with E-state index in [4.69, 9.17) is 0 Å². The highest BCUT2D eigenvalue weighted by atomic mass is 79.9. The molecule has 0 unspecified atom stereocenters. The minimum atomic E-state index is 0.685. The standard InChI is InChI=1S/C7H10BrN3/c1-2-11-7(8)6(9-10-11)5-3-4-5/h5H,2-4H2,1H3. The Morgan fingerprint density at radius 3 is 2.82 bits per heavy atom. The molecule has 0 saturated heterocycles. The van der Waals surface area contributed by atoms with Crippen LogP contribution in [0.1, 0.15) is 31.4 Å². The fraction of sp³-hybridized carbons (Fsp3) is 0.714. The van der Waals surface area contributed by atoms with Gasteiger partial charge in [0, 0.05) is 12.5 Å². The van der Waals surface area contributed by atoms with Crippen LogP contribution in [0.2, 0.25) is 0 Å². The highest BCUT2D eigenvalue weighted by molar-refractivity contribution is 9.10. The third-order valence-corrected chi connectivity index (χ3v) is 2.78. The van der Waals surface area contributed by atoms with Crippen molar-refractivity contribution in [2.75, 3.05) is 0 Å². The van der Waals surface area contributed by atoms with Crippen LogP contribution in [0.3, 0.4) is 0 Å². The topological polar surface area (TPSA) is 30.7 Å². The highest BCUT2D eigenvalue weighted by Crippen LogP contribution is 2.41. The number of aryl methyl sites for hydroxylation is 1. The molecule has 11 heavy (non-hydrogen) atoms. The monoisotopic (exact) mass is 215 g/mol. The Hall–Kier alpha value is -0.380. The molecule has 1 heterocycles. The van der Waals surface area contributed by atoms with E-state index in [1.807, 2.05) is 4.68 Å². The second-order valence-electron chi connectivity index (χ2n) is 2.86. The molecule has 60 valence electrons. The van der Waals surface area contributed by atoms with Crippen LogP contribution in [0, 0.1) is 0 Å². The molecule has 1 aromatic heterocycles. The number of rotatable bonds is 2. The van der Waals surface area contributed by atoms with Gasteiger partial charge in [0.25, 0.3) is 0 Å². The van der Waals surface area contributed by atoms with E-state index in [0.29, 0.717) is 5.92 Å². The van der Waals surface area contributed by atoms with Crippen molar-refractivity contribution >= 4 is 15.9 Å². The van der Waals surface area contributed by atoms with Crippen LogP contribution in [0.5, 0.6) is 0 Å². The Kier molecular flexibility index (Phi) is 1.71. The highest BCUT2D eigenvalue weighted by Gasteiger charge is 2.29. The molecule has 0 atom stereocenters. The Morgan fingerprint density at radius 2 is 2.36 bits per heavy atom. The van der Waals surface area contributed by atoms with Gasteiger partial charge >= 0.3 is 0 Å². The third kappa shape index (κ3) is 1.20. The van der Waals surface area contributed by atoms with Gasteiger partial charge in [0.05, 0.1) is 0 Å². The minimum absolute atomic E-state index is 0.685. The molecular weight excluding hydrogens is 206 g/mol. The summed E-state index contributed by atoms with van der Waals surface area (Å²) in [5.41, 5.74) is 1.15. The zero-order valence-corrected chi connectivity index (χ0v) is 8.00. The zero-order chi connectivity index (χ0) is 7.84. The Labute approximate surface area is 73.9 Å². The molecule has 3 nitrogen and oxygen atoms in total. The molecule has 2 rings (SSSR count). The van der Waals surface area contributed by atoms with Gasteiger partial charge in [-0.3, -0.25) is 0 Å². The molecule has 1 aliphatic carbocycles. The predicted octanol–water partition coefficient (Wildman–Crippen LogP) is 1.94. The number of nitrogens with zero attached hydrogens (tertiary/aromatic N) is 3. The maximum atomic E-state index is 4.11. The van der Waals surface area contributed by atoms with Crippen molar-refractivity contribution in [3.8, 4) is 0 Å². The number of hydrogen-bond donors (Lipinski definition) is 0. The van der Waals surface area contributed by atoms with Gasteiger partial charge < -0.3 is 0 Å². The van der Waals surface area contributed by atoms with E-state index in [1.54, 1.807) is 0 Å². The lowest BCUT2D eigenvalue weighted by molar-refractivity contribution is 0.615. The first-order valence-electron chi connectivity index (χ1n) is 3.91. The quantitative estimate of drug-likeness (QED) is 0.756. The van der Waals surface area contributed by atoms with Gasteiger partial charge in [-0.05, 0) is 35.7 Å². The van der Waals surface area contributed by atoms with Crippen LogP contribution < -0.4 is 0 Å². The molecule has 4 heteroatoms. The van der Waals surface area contributed by atoms with Gasteiger partial charge in [-0.25, -0.2) is 4.68 Å². The van der Waals surface area contributed by atoms with E-state index in [0.717, 1.165) is 16.8 Å². The fourth-order valence-electron chi connectivity index (χ4n) is 1.12. The third-order valence-electron chi connectivity index (χ3n) is 1.96. The molecule has 0 aromatic carbocycles. The van der Waals surface area contributed by atoms with Crippen molar-refractivity contribution in [3.63, 3.8) is 0 Å². The molecule has 1 fully saturated rings. The SMILES string of the molecule is CCn1nnc(C2CC2)c1Br. The Bertz CT molecular complexity index is 265. The lowest BCUT2D eigenvalue weighted by atomic mass is 10.3. The van der Waals surface area contributed by atoms with Gasteiger partial charge in [0.2, 0.25) is 0 Å². The first-order chi connectivity index (χ1) is 5.33. The van der Waals surface area contributed by atoms with E-state index < -0.39 is 0 Å². The molecule has 1 aliphatic rings. The van der Waals surface area contributed by atoms with Gasteiger partial charge in [-0.15, -0.1) is 5.10 Å². The fourth-order valence-corrected chi connectivity index (χ4v) is 1.85. The largest absolute Gasteiger partial charge is 0.238 e. The van der Waals surface area contributed by atoms with Crippen LogP contribution in [-0.4, -0.2) is 15.0 Å². The number of aromatic nitrogens is 3. The van der Waals surface area contributed by atoms with Crippen LogP contribution in [0.4, 0.5) is 0 Å². The zero-order valence-electron chi connectivity index (χ0n) is 6.42. The molecule has 1 saturated carbocycles. The summed E-state index contributed by atoms with van der Waals surface area (Å²) >= 11 is 3.49. The molecule has 0 radical (unpaired) electrons. The van der Waals surface area contributed by atoms with Gasteiger partial charge in [0.1, 0.15) is 10.3 Å². The van der Waals surface area contributed by atoms with Crippen molar-refractivity contribution in [1.82, 2.24) is 15.0 Å². The van der Waals surface area contributed by atoms with Crippen LogP contribution in [-0.2, 0) is 6.54 Å². The summed E-state index contributed by atoms with van der Waals surface area (Å²) in [4.78, 5) is 0. The maximum Gasteiger partial charge on any atom is 0.127 e. The van der Waals surface area contributed by atoms with Crippen molar-refractivity contribution in [2.45, 2.75) is 32.2 Å². The predicted molar refractivity (Wildman–Crippen MR) is 45.4 cm³/mol. The molecule has 0 amide bonds. The first-order valence-corrected chi connectivity index (χ1v) is 4.71. The smallest absolute Gasteiger partial charge is 0.127 e.